The molecule has 0 heterocycles. The van der Waals surface area contributed by atoms with E-state index in [2.05, 4.69) is 24.2 Å². The Morgan fingerprint density at radius 3 is 1.55 bits per heavy atom. The number of nitrogens with zero attached hydrogens (tertiary/aromatic N) is 1. The number of hydrogen-bond acceptors (Lipinski definition) is 1. The summed E-state index contributed by atoms with van der Waals surface area (Å²) < 4.78 is 2.42. The van der Waals surface area contributed by atoms with Gasteiger partial charge in [0.25, 0.3) is 0 Å². The Morgan fingerprint density at radius 1 is 1.00 bits per heavy atom. The van der Waals surface area contributed by atoms with Crippen molar-refractivity contribution in [3.63, 3.8) is 0 Å². The highest BCUT2D eigenvalue weighted by molar-refractivity contribution is 6.73. The van der Waals surface area contributed by atoms with Crippen LogP contribution < -0.4 is 0 Å². The van der Waals surface area contributed by atoms with Crippen molar-refractivity contribution in [3.8, 4) is 0 Å². The summed E-state index contributed by atoms with van der Waals surface area (Å²) in [5.41, 5.74) is 0. The molecule has 0 saturated carbocycles. The first-order chi connectivity index (χ1) is 5.02. The molecule has 0 aliphatic carbocycles. The largest absolute Gasteiger partial charge is 0.322 e. The summed E-state index contributed by atoms with van der Waals surface area (Å²) >= 11 is 11.4. The lowest BCUT2D eigenvalue weighted by Crippen LogP contribution is -2.47. The Hall–Kier alpha value is 0.757. The van der Waals surface area contributed by atoms with E-state index < -0.39 is 8.24 Å². The van der Waals surface area contributed by atoms with Gasteiger partial charge in [-0.15, -0.1) is 23.2 Å². The predicted molar refractivity (Wildman–Crippen MR) is 56.4 cm³/mol. The SMILES string of the molecule is C[Si](C)(C)N(CCCl)CCCl. The van der Waals surface area contributed by atoms with Crippen molar-refractivity contribution in [2.24, 2.45) is 0 Å². The average Bonchev–Trinajstić information content (AvgIpc) is 1.85. The Balaban J connectivity index is 3.88. The second kappa shape index (κ2) is 5.41. The minimum atomic E-state index is -1.16. The van der Waals surface area contributed by atoms with Crippen LogP contribution in [0.1, 0.15) is 0 Å². The van der Waals surface area contributed by atoms with Gasteiger partial charge in [-0.2, -0.15) is 0 Å². The summed E-state index contributed by atoms with van der Waals surface area (Å²) in [5.74, 6) is 1.42. The first-order valence-corrected chi connectivity index (χ1v) is 8.41. The minimum absolute atomic E-state index is 0.709. The topological polar surface area (TPSA) is 3.24 Å². The van der Waals surface area contributed by atoms with E-state index in [1.807, 2.05) is 0 Å². The molecule has 0 fully saturated rings. The van der Waals surface area contributed by atoms with E-state index in [0.29, 0.717) is 11.8 Å². The standard InChI is InChI=1S/C7H17Cl2NSi/c1-11(2,3)10(6-4-8)7-5-9/h4-7H2,1-3H3. The van der Waals surface area contributed by atoms with E-state index in [0.717, 1.165) is 13.1 Å². The van der Waals surface area contributed by atoms with Gasteiger partial charge in [-0.3, -0.25) is 0 Å². The molecular weight excluding hydrogens is 197 g/mol. The van der Waals surface area contributed by atoms with Crippen LogP contribution in [-0.4, -0.2) is 37.7 Å². The fourth-order valence-electron chi connectivity index (χ4n) is 0.987. The third-order valence-corrected chi connectivity index (χ3v) is 4.34. The molecule has 0 aromatic carbocycles. The Morgan fingerprint density at radius 2 is 1.36 bits per heavy atom. The second-order valence-corrected chi connectivity index (χ2v) is 9.27. The smallest absolute Gasteiger partial charge is 0.119 e. The third-order valence-electron chi connectivity index (χ3n) is 1.66. The van der Waals surface area contributed by atoms with Gasteiger partial charge in [0, 0.05) is 24.8 Å². The lowest BCUT2D eigenvalue weighted by Gasteiger charge is -2.32. The number of halogens is 2. The summed E-state index contributed by atoms with van der Waals surface area (Å²) in [5, 5.41) is 0. The monoisotopic (exact) mass is 213 g/mol. The van der Waals surface area contributed by atoms with Crippen LogP contribution >= 0.6 is 23.2 Å². The molecule has 0 bridgehead atoms. The molecule has 11 heavy (non-hydrogen) atoms. The van der Waals surface area contributed by atoms with Crippen LogP contribution in [0, 0.1) is 0 Å². The van der Waals surface area contributed by atoms with Crippen molar-refractivity contribution in [2.75, 3.05) is 24.8 Å². The molecule has 0 radical (unpaired) electrons. The normalized spacial score (nSPS) is 12.5. The molecular formula is C7H17Cl2NSi. The molecule has 0 atom stereocenters. The lowest BCUT2D eigenvalue weighted by molar-refractivity contribution is 0.475. The molecule has 0 aliphatic rings. The van der Waals surface area contributed by atoms with Gasteiger partial charge in [0.15, 0.2) is 0 Å². The summed E-state index contributed by atoms with van der Waals surface area (Å²) in [6, 6.07) is 0. The highest BCUT2D eigenvalue weighted by Crippen LogP contribution is 2.08. The van der Waals surface area contributed by atoms with Crippen LogP contribution in [0.15, 0.2) is 0 Å². The van der Waals surface area contributed by atoms with E-state index >= 15 is 0 Å². The average molecular weight is 214 g/mol. The van der Waals surface area contributed by atoms with Crippen LogP contribution in [0.2, 0.25) is 19.6 Å². The second-order valence-electron chi connectivity index (χ2n) is 3.54. The number of rotatable bonds is 5. The van der Waals surface area contributed by atoms with Gasteiger partial charge in [-0.1, -0.05) is 19.6 Å². The summed E-state index contributed by atoms with van der Waals surface area (Å²) in [6.07, 6.45) is 0. The Labute approximate surface area is 80.8 Å². The van der Waals surface area contributed by atoms with Crippen molar-refractivity contribution in [1.82, 2.24) is 4.57 Å². The molecule has 0 aromatic rings. The molecule has 1 nitrogen and oxygen atoms in total. The maximum Gasteiger partial charge on any atom is 0.119 e. The Bertz CT molecular complexity index is 97.1. The van der Waals surface area contributed by atoms with Crippen LogP contribution in [0.3, 0.4) is 0 Å². The maximum atomic E-state index is 5.68. The van der Waals surface area contributed by atoms with Gasteiger partial charge in [0.05, 0.1) is 0 Å². The van der Waals surface area contributed by atoms with Gasteiger partial charge in [-0.25, -0.2) is 0 Å². The lowest BCUT2D eigenvalue weighted by atomic mass is 10.6. The van der Waals surface area contributed by atoms with Crippen molar-refractivity contribution in [1.29, 1.82) is 0 Å². The van der Waals surface area contributed by atoms with Gasteiger partial charge in [0.1, 0.15) is 8.24 Å². The molecule has 68 valence electrons. The Kier molecular flexibility index (Phi) is 5.78. The van der Waals surface area contributed by atoms with E-state index in [1.54, 1.807) is 0 Å². The fourth-order valence-corrected chi connectivity index (χ4v) is 3.24. The maximum absolute atomic E-state index is 5.68. The molecule has 0 aromatic heterocycles. The van der Waals surface area contributed by atoms with Crippen LogP contribution in [0.25, 0.3) is 0 Å². The minimum Gasteiger partial charge on any atom is -0.322 e. The summed E-state index contributed by atoms with van der Waals surface area (Å²) in [6.45, 7) is 8.89. The summed E-state index contributed by atoms with van der Waals surface area (Å²) in [4.78, 5) is 0. The molecule has 0 rings (SSSR count). The molecule has 4 heteroatoms. The number of hydrogen-bond donors (Lipinski definition) is 0. The predicted octanol–water partition coefficient (Wildman–Crippen LogP) is 2.60. The molecule has 0 amide bonds. The van der Waals surface area contributed by atoms with Gasteiger partial charge in [0.2, 0.25) is 0 Å². The zero-order chi connectivity index (χ0) is 8.91. The molecule has 0 N–H and O–H groups in total. The van der Waals surface area contributed by atoms with Crippen LogP contribution in [0.4, 0.5) is 0 Å². The van der Waals surface area contributed by atoms with Gasteiger partial charge < -0.3 is 4.57 Å². The van der Waals surface area contributed by atoms with Gasteiger partial charge in [-0.05, 0) is 0 Å². The van der Waals surface area contributed by atoms with Crippen molar-refractivity contribution in [2.45, 2.75) is 19.6 Å². The highest BCUT2D eigenvalue weighted by atomic mass is 35.5. The number of alkyl halides is 2. The third kappa shape index (κ3) is 5.07. The van der Waals surface area contributed by atoms with Crippen LogP contribution in [0.5, 0.6) is 0 Å². The summed E-state index contributed by atoms with van der Waals surface area (Å²) in [7, 11) is -1.16. The first kappa shape index (κ1) is 11.8. The van der Waals surface area contributed by atoms with Crippen LogP contribution in [-0.2, 0) is 0 Å². The molecule has 0 aliphatic heterocycles. The molecule has 0 spiro atoms. The van der Waals surface area contributed by atoms with E-state index in [1.165, 1.54) is 0 Å². The van der Waals surface area contributed by atoms with Crippen molar-refractivity contribution >= 4 is 31.4 Å². The molecule has 0 saturated heterocycles. The van der Waals surface area contributed by atoms with Crippen molar-refractivity contribution < 1.29 is 0 Å². The highest BCUT2D eigenvalue weighted by Gasteiger charge is 2.21. The van der Waals surface area contributed by atoms with E-state index in [-0.39, 0.29) is 0 Å². The van der Waals surface area contributed by atoms with E-state index in [9.17, 15) is 0 Å². The van der Waals surface area contributed by atoms with Crippen molar-refractivity contribution in [3.05, 3.63) is 0 Å². The fraction of sp³-hybridized carbons (Fsp3) is 1.00. The molecule has 0 unspecified atom stereocenters. The zero-order valence-electron chi connectivity index (χ0n) is 7.53. The zero-order valence-corrected chi connectivity index (χ0v) is 10.0. The quantitative estimate of drug-likeness (QED) is 0.502. The van der Waals surface area contributed by atoms with E-state index in [4.69, 9.17) is 23.2 Å². The van der Waals surface area contributed by atoms with Gasteiger partial charge >= 0.3 is 0 Å². The first-order valence-electron chi connectivity index (χ1n) is 3.89.